The fraction of sp³-hybridized carbons (Fsp3) is 0.500. The van der Waals surface area contributed by atoms with E-state index in [1.54, 1.807) is 0 Å². The van der Waals surface area contributed by atoms with Gasteiger partial charge in [0.25, 0.3) is 5.91 Å². The van der Waals surface area contributed by atoms with Crippen molar-refractivity contribution >= 4 is 11.6 Å². The van der Waals surface area contributed by atoms with E-state index in [-0.39, 0.29) is 11.9 Å². The molecule has 220 valence electrons. The molecule has 1 aromatic heterocycles. The van der Waals surface area contributed by atoms with Crippen molar-refractivity contribution < 1.29 is 4.79 Å². The number of hydrogen-bond donors (Lipinski definition) is 0. The fourth-order valence-electron chi connectivity index (χ4n) is 5.69. The first kappa shape index (κ1) is 30.8. The molecule has 0 aliphatic carbocycles. The third-order valence-corrected chi connectivity index (χ3v) is 8.39. The Morgan fingerprint density at radius 2 is 1.59 bits per heavy atom. The first-order valence-corrected chi connectivity index (χ1v) is 15.7. The van der Waals surface area contributed by atoms with E-state index in [0.29, 0.717) is 12.2 Å². The van der Waals surface area contributed by atoms with E-state index >= 15 is 0 Å². The number of carbonyl (C=O) groups excluding carboxylic acids is 1. The largest absolute Gasteiger partial charge is 0.370 e. The molecule has 2 aromatic carbocycles. The molecular weight excluding hydrogens is 504 g/mol. The van der Waals surface area contributed by atoms with Gasteiger partial charge in [0.05, 0.1) is 0 Å². The van der Waals surface area contributed by atoms with Crippen LogP contribution in [0.25, 0.3) is 0 Å². The third kappa shape index (κ3) is 9.43. The highest BCUT2D eigenvalue weighted by Gasteiger charge is 2.29. The molecule has 0 atom stereocenters. The number of piperidine rings is 1. The maximum Gasteiger partial charge on any atom is 0.272 e. The zero-order chi connectivity index (χ0) is 29.0. The molecule has 1 fully saturated rings. The molecule has 1 aliphatic rings. The van der Waals surface area contributed by atoms with Gasteiger partial charge < -0.3 is 14.7 Å². The van der Waals surface area contributed by atoms with Crippen molar-refractivity contribution in [2.24, 2.45) is 5.92 Å². The van der Waals surface area contributed by atoms with E-state index in [1.165, 1.54) is 42.5 Å². The van der Waals surface area contributed by atoms with Crippen LogP contribution in [-0.2, 0) is 19.5 Å². The van der Waals surface area contributed by atoms with Gasteiger partial charge in [-0.25, -0.2) is 0 Å². The second-order valence-electron chi connectivity index (χ2n) is 12.2. The molecular formula is C36H50N4O. The summed E-state index contributed by atoms with van der Waals surface area (Å²) in [5, 5.41) is 0. The quantitative estimate of drug-likeness (QED) is 0.192. The Hall–Kier alpha value is -3.18. The lowest BCUT2D eigenvalue weighted by Crippen LogP contribution is -2.47. The highest BCUT2D eigenvalue weighted by atomic mass is 16.2. The lowest BCUT2D eigenvalue weighted by Gasteiger charge is -2.39. The number of likely N-dealkylation sites (tertiary alicyclic amines) is 1. The molecule has 4 rings (SSSR count). The van der Waals surface area contributed by atoms with Crippen molar-refractivity contribution in [3.8, 4) is 0 Å². The van der Waals surface area contributed by atoms with E-state index in [9.17, 15) is 4.79 Å². The predicted molar refractivity (Wildman–Crippen MR) is 171 cm³/mol. The number of aryl methyl sites for hydroxylation is 1. The summed E-state index contributed by atoms with van der Waals surface area (Å²) in [4.78, 5) is 25.5. The van der Waals surface area contributed by atoms with Gasteiger partial charge in [0, 0.05) is 51.2 Å². The molecule has 0 N–H and O–H groups in total. The van der Waals surface area contributed by atoms with Gasteiger partial charge in [-0.05, 0) is 79.5 Å². The third-order valence-electron chi connectivity index (χ3n) is 8.39. The van der Waals surface area contributed by atoms with E-state index < -0.39 is 0 Å². The van der Waals surface area contributed by atoms with Crippen LogP contribution in [0.4, 0.5) is 5.69 Å². The minimum absolute atomic E-state index is 0.0519. The molecule has 0 spiro atoms. The Balaban J connectivity index is 1.45. The van der Waals surface area contributed by atoms with Crippen LogP contribution in [0.5, 0.6) is 0 Å². The number of rotatable bonds is 14. The summed E-state index contributed by atoms with van der Waals surface area (Å²) in [6.07, 6.45) is 9.79. The molecule has 0 unspecified atom stereocenters. The minimum atomic E-state index is 0.0519. The van der Waals surface area contributed by atoms with E-state index in [4.69, 9.17) is 0 Å². The number of unbranched alkanes of at least 4 members (excludes halogenated alkanes) is 2. The van der Waals surface area contributed by atoms with Crippen molar-refractivity contribution in [2.45, 2.75) is 84.8 Å². The average Bonchev–Trinajstić information content (AvgIpc) is 3.00. The lowest BCUT2D eigenvalue weighted by molar-refractivity contribution is 0.0540. The Kier molecular flexibility index (Phi) is 11.8. The van der Waals surface area contributed by atoms with Crippen LogP contribution in [0, 0.1) is 5.92 Å². The predicted octanol–water partition coefficient (Wildman–Crippen LogP) is 7.60. The average molecular weight is 555 g/mol. The number of carbonyl (C=O) groups is 1. The van der Waals surface area contributed by atoms with E-state index in [2.05, 4.69) is 108 Å². The van der Waals surface area contributed by atoms with Gasteiger partial charge in [0.1, 0.15) is 5.69 Å². The van der Waals surface area contributed by atoms with Gasteiger partial charge in [-0.1, -0.05) is 82.1 Å². The number of nitrogens with zero attached hydrogens (tertiary/aromatic N) is 4. The SMILES string of the molecule is CCCCCc1ccc(C(=O)N(Cc2ccc(N(C)Cc3ccccc3)cc2)C2CCN(CCC(C)C)CC2)nc1. The molecule has 3 aromatic rings. The first-order chi connectivity index (χ1) is 19.9. The molecule has 0 saturated carbocycles. The van der Waals surface area contributed by atoms with Gasteiger partial charge in [-0.15, -0.1) is 0 Å². The fourth-order valence-corrected chi connectivity index (χ4v) is 5.69. The van der Waals surface area contributed by atoms with Crippen LogP contribution in [0.15, 0.2) is 72.9 Å². The van der Waals surface area contributed by atoms with Gasteiger partial charge in [-0.3, -0.25) is 9.78 Å². The van der Waals surface area contributed by atoms with Gasteiger partial charge in [-0.2, -0.15) is 0 Å². The second kappa shape index (κ2) is 15.7. The molecule has 1 amide bonds. The summed E-state index contributed by atoms with van der Waals surface area (Å²) in [6, 6.07) is 23.5. The van der Waals surface area contributed by atoms with Crippen molar-refractivity contribution in [3.05, 3.63) is 95.3 Å². The van der Waals surface area contributed by atoms with Crippen molar-refractivity contribution in [1.29, 1.82) is 0 Å². The molecule has 1 aliphatic heterocycles. The van der Waals surface area contributed by atoms with Crippen molar-refractivity contribution in [2.75, 3.05) is 31.6 Å². The lowest BCUT2D eigenvalue weighted by atomic mass is 10.00. The summed E-state index contributed by atoms with van der Waals surface area (Å²) in [6.45, 7) is 11.5. The maximum atomic E-state index is 13.9. The number of hydrogen-bond acceptors (Lipinski definition) is 4. The van der Waals surface area contributed by atoms with Gasteiger partial charge >= 0.3 is 0 Å². The topological polar surface area (TPSA) is 39.7 Å². The Bertz CT molecular complexity index is 1170. The highest BCUT2D eigenvalue weighted by molar-refractivity contribution is 5.92. The van der Waals surface area contributed by atoms with Crippen LogP contribution >= 0.6 is 0 Å². The second-order valence-corrected chi connectivity index (χ2v) is 12.2. The summed E-state index contributed by atoms with van der Waals surface area (Å²) < 4.78 is 0. The molecule has 5 heteroatoms. The van der Waals surface area contributed by atoms with E-state index in [1.807, 2.05) is 12.3 Å². The van der Waals surface area contributed by atoms with Crippen LogP contribution in [0.1, 0.15) is 86.5 Å². The van der Waals surface area contributed by atoms with Gasteiger partial charge in [0.15, 0.2) is 0 Å². The molecule has 41 heavy (non-hydrogen) atoms. The van der Waals surface area contributed by atoms with Crippen LogP contribution < -0.4 is 4.90 Å². The standard InChI is InChI=1S/C36H50N4O/c1-5-6-8-11-30-16-19-35(37-26-30)36(41)40(34-21-24-39(25-22-34)23-20-29(2)3)28-32-14-17-33(18-15-32)38(4)27-31-12-9-7-10-13-31/h7,9-10,12-19,26,29,34H,5-6,8,11,20-25,27-28H2,1-4H3. The summed E-state index contributed by atoms with van der Waals surface area (Å²) in [7, 11) is 2.13. The highest BCUT2D eigenvalue weighted by Crippen LogP contribution is 2.24. The smallest absolute Gasteiger partial charge is 0.272 e. The van der Waals surface area contributed by atoms with Crippen LogP contribution in [0.2, 0.25) is 0 Å². The number of anilines is 1. The number of benzene rings is 2. The number of pyridine rings is 1. The molecule has 0 radical (unpaired) electrons. The molecule has 0 bridgehead atoms. The van der Waals surface area contributed by atoms with Crippen LogP contribution in [-0.4, -0.2) is 53.4 Å². The minimum Gasteiger partial charge on any atom is -0.370 e. The molecule has 2 heterocycles. The summed E-state index contributed by atoms with van der Waals surface area (Å²) in [5.74, 6) is 0.771. The number of amides is 1. The monoisotopic (exact) mass is 554 g/mol. The first-order valence-electron chi connectivity index (χ1n) is 15.7. The Morgan fingerprint density at radius 1 is 0.902 bits per heavy atom. The zero-order valence-electron chi connectivity index (χ0n) is 25.8. The zero-order valence-corrected chi connectivity index (χ0v) is 25.8. The molecule has 1 saturated heterocycles. The summed E-state index contributed by atoms with van der Waals surface area (Å²) >= 11 is 0. The van der Waals surface area contributed by atoms with Crippen molar-refractivity contribution in [3.63, 3.8) is 0 Å². The summed E-state index contributed by atoms with van der Waals surface area (Å²) in [5.41, 5.74) is 5.41. The number of aromatic nitrogens is 1. The Morgan fingerprint density at radius 3 is 2.22 bits per heavy atom. The van der Waals surface area contributed by atoms with Crippen molar-refractivity contribution in [1.82, 2.24) is 14.8 Å². The normalized spacial score (nSPS) is 14.4. The van der Waals surface area contributed by atoms with E-state index in [0.717, 1.165) is 56.9 Å². The molecule has 5 nitrogen and oxygen atoms in total. The Labute approximate surface area is 248 Å². The maximum absolute atomic E-state index is 13.9. The van der Waals surface area contributed by atoms with Crippen LogP contribution in [0.3, 0.4) is 0 Å². The van der Waals surface area contributed by atoms with Gasteiger partial charge in [0.2, 0.25) is 0 Å².